The molecule has 1 aromatic heterocycles. The molecule has 3 rings (SSSR count). The van der Waals surface area contributed by atoms with Crippen LogP contribution in [0.3, 0.4) is 0 Å². The zero-order chi connectivity index (χ0) is 24.0. The van der Waals surface area contributed by atoms with Gasteiger partial charge in [0.05, 0.1) is 6.42 Å². The molecule has 3 aromatic rings. The van der Waals surface area contributed by atoms with E-state index in [4.69, 9.17) is 5.11 Å². The van der Waals surface area contributed by atoms with Crippen LogP contribution in [0.15, 0.2) is 67.0 Å². The number of rotatable bonds is 10. The number of halogens is 4. The molecule has 0 spiro atoms. The number of hydrogen-bond acceptors (Lipinski definition) is 4. The number of ether oxygens (including phenoxy) is 2. The average molecular weight is 465 g/mol. The minimum absolute atomic E-state index is 0.167. The van der Waals surface area contributed by atoms with Gasteiger partial charge >= 0.3 is 19.2 Å². The zero-order valence-electron chi connectivity index (χ0n) is 17.0. The van der Waals surface area contributed by atoms with Crippen molar-refractivity contribution in [3.05, 3.63) is 94.5 Å². The van der Waals surface area contributed by atoms with Crippen molar-refractivity contribution < 1.29 is 41.7 Å². The van der Waals surface area contributed by atoms with Gasteiger partial charge < -0.3 is 19.8 Å². The maximum Gasteiger partial charge on any atom is 0.387 e. The van der Waals surface area contributed by atoms with Gasteiger partial charge in [-0.1, -0.05) is 30.3 Å². The molecule has 174 valence electrons. The molecule has 0 bridgehead atoms. The maximum atomic E-state index is 12.9. The van der Waals surface area contributed by atoms with E-state index in [9.17, 15) is 27.6 Å². The van der Waals surface area contributed by atoms with Gasteiger partial charge in [0.25, 0.3) is 0 Å². The van der Waals surface area contributed by atoms with Crippen LogP contribution in [0.1, 0.15) is 28.2 Å². The zero-order valence-corrected chi connectivity index (χ0v) is 17.0. The van der Waals surface area contributed by atoms with Gasteiger partial charge in [-0.25, -0.2) is 0 Å². The Morgan fingerprint density at radius 3 is 2.00 bits per heavy atom. The third-order valence-electron chi connectivity index (χ3n) is 4.85. The highest BCUT2D eigenvalue weighted by atomic mass is 19.3. The van der Waals surface area contributed by atoms with Gasteiger partial charge in [0.2, 0.25) is 0 Å². The topological polar surface area (TPSA) is 82.7 Å². The van der Waals surface area contributed by atoms with Crippen LogP contribution in [-0.4, -0.2) is 24.3 Å². The van der Waals surface area contributed by atoms with E-state index >= 15 is 0 Å². The Morgan fingerprint density at radius 2 is 1.42 bits per heavy atom. The Morgan fingerprint density at radius 1 is 0.848 bits per heavy atom. The molecule has 0 saturated heterocycles. The molecule has 2 aromatic carbocycles. The largest absolute Gasteiger partial charge is 0.619 e. The lowest BCUT2D eigenvalue weighted by Crippen LogP contribution is -2.24. The van der Waals surface area contributed by atoms with E-state index in [1.807, 2.05) is 0 Å². The number of aromatic nitrogens is 1. The molecule has 33 heavy (non-hydrogen) atoms. The predicted molar refractivity (Wildman–Crippen MR) is 108 cm³/mol. The molecule has 0 aliphatic carbocycles. The number of carboxylic acids is 1. The number of pyridine rings is 1. The molecule has 0 amide bonds. The molecule has 6 nitrogen and oxygen atoms in total. The molecule has 0 aliphatic heterocycles. The first-order valence-electron chi connectivity index (χ1n) is 9.73. The standard InChI is InChI=1S/C23H19F4NO5/c24-22(25)32-19-6-5-17(13-20(19)33-23(26)27)18(11-15-7-9-28(31)10-8-15)16-3-1-14(2-4-16)12-21(29)30/h1-10,13,18,22-23H,11-12H2,(H,29,30). The Labute approximate surface area is 186 Å². The second-order valence-corrected chi connectivity index (χ2v) is 7.10. The molecule has 1 atom stereocenters. The van der Waals surface area contributed by atoms with Crippen LogP contribution in [0, 0.1) is 5.21 Å². The van der Waals surface area contributed by atoms with Gasteiger partial charge in [-0.3, -0.25) is 4.79 Å². The summed E-state index contributed by atoms with van der Waals surface area (Å²) in [5, 5.41) is 20.3. The van der Waals surface area contributed by atoms with Crippen LogP contribution in [0.2, 0.25) is 0 Å². The molecule has 1 unspecified atom stereocenters. The fourth-order valence-corrected chi connectivity index (χ4v) is 3.41. The molecule has 1 N–H and O–H groups in total. The van der Waals surface area contributed by atoms with E-state index in [1.54, 1.807) is 36.4 Å². The van der Waals surface area contributed by atoms with Crippen LogP contribution in [0.5, 0.6) is 11.5 Å². The molecule has 1 heterocycles. The lowest BCUT2D eigenvalue weighted by Gasteiger charge is -2.21. The molecular weight excluding hydrogens is 446 g/mol. The van der Waals surface area contributed by atoms with E-state index in [2.05, 4.69) is 9.47 Å². The molecule has 0 radical (unpaired) electrons. The highest BCUT2D eigenvalue weighted by Gasteiger charge is 2.21. The molecular formula is C23H19F4NO5. The SMILES string of the molecule is O=C(O)Cc1ccc(C(Cc2cc[n+]([O-])cc2)c2ccc(OC(F)F)c(OC(F)F)c2)cc1. The summed E-state index contributed by atoms with van der Waals surface area (Å²) in [5.74, 6) is -2.51. The number of carboxylic acid groups (broad SMARTS) is 1. The fraction of sp³-hybridized carbons (Fsp3) is 0.217. The first kappa shape index (κ1) is 23.8. The predicted octanol–water partition coefficient (Wildman–Crippen LogP) is 4.52. The second-order valence-electron chi connectivity index (χ2n) is 7.10. The van der Waals surface area contributed by atoms with Gasteiger partial charge in [-0.2, -0.15) is 22.3 Å². The summed E-state index contributed by atoms with van der Waals surface area (Å²) in [7, 11) is 0. The maximum absolute atomic E-state index is 12.9. The van der Waals surface area contributed by atoms with Crippen LogP contribution < -0.4 is 14.2 Å². The molecule has 0 fully saturated rings. The first-order chi connectivity index (χ1) is 15.7. The fourth-order valence-electron chi connectivity index (χ4n) is 3.41. The van der Waals surface area contributed by atoms with E-state index < -0.39 is 36.6 Å². The highest BCUT2D eigenvalue weighted by molar-refractivity contribution is 5.70. The second kappa shape index (κ2) is 10.7. The summed E-state index contributed by atoms with van der Waals surface area (Å²) < 4.78 is 60.4. The monoisotopic (exact) mass is 465 g/mol. The third kappa shape index (κ3) is 6.83. The van der Waals surface area contributed by atoms with Crippen molar-refractivity contribution in [2.24, 2.45) is 0 Å². The van der Waals surface area contributed by atoms with Crippen molar-refractivity contribution in [2.75, 3.05) is 0 Å². The van der Waals surface area contributed by atoms with Gasteiger partial charge in [-0.15, -0.1) is 0 Å². The molecule has 10 heteroatoms. The third-order valence-corrected chi connectivity index (χ3v) is 4.85. The Hall–Kier alpha value is -3.82. The van der Waals surface area contributed by atoms with E-state index in [-0.39, 0.29) is 6.42 Å². The smallest absolute Gasteiger partial charge is 0.387 e. The molecule has 0 saturated carbocycles. The van der Waals surface area contributed by atoms with E-state index in [1.165, 1.54) is 24.5 Å². The van der Waals surface area contributed by atoms with Gasteiger partial charge in [0, 0.05) is 18.1 Å². The number of aliphatic carboxylic acids is 1. The van der Waals surface area contributed by atoms with Crippen LogP contribution in [-0.2, 0) is 17.6 Å². The van der Waals surface area contributed by atoms with Crippen molar-refractivity contribution in [2.45, 2.75) is 32.0 Å². The Balaban J connectivity index is 2.02. The van der Waals surface area contributed by atoms with Crippen LogP contribution in [0.25, 0.3) is 0 Å². The summed E-state index contributed by atoms with van der Waals surface area (Å²) >= 11 is 0. The van der Waals surface area contributed by atoms with E-state index in [0.29, 0.717) is 27.8 Å². The first-order valence-corrected chi connectivity index (χ1v) is 9.73. The highest BCUT2D eigenvalue weighted by Crippen LogP contribution is 2.37. The average Bonchev–Trinajstić information content (AvgIpc) is 2.74. The minimum atomic E-state index is -3.25. The number of benzene rings is 2. The number of carbonyl (C=O) groups is 1. The number of nitrogens with zero attached hydrogens (tertiary/aromatic N) is 1. The van der Waals surface area contributed by atoms with Gasteiger partial charge in [0.1, 0.15) is 0 Å². The number of alkyl halides is 4. The minimum Gasteiger partial charge on any atom is -0.619 e. The Bertz CT molecular complexity index is 1080. The summed E-state index contributed by atoms with van der Waals surface area (Å²) in [4.78, 5) is 10.9. The van der Waals surface area contributed by atoms with Crippen LogP contribution in [0.4, 0.5) is 17.6 Å². The summed E-state index contributed by atoms with van der Waals surface area (Å²) in [6.07, 6.45) is 2.79. The lowest BCUT2D eigenvalue weighted by molar-refractivity contribution is -0.605. The number of hydrogen-bond donors (Lipinski definition) is 1. The van der Waals surface area contributed by atoms with Crippen LogP contribution >= 0.6 is 0 Å². The Kier molecular flexibility index (Phi) is 7.70. The summed E-state index contributed by atoms with van der Waals surface area (Å²) in [6, 6.07) is 13.7. The normalized spacial score (nSPS) is 12.1. The summed E-state index contributed by atoms with van der Waals surface area (Å²) in [5.41, 5.74) is 2.51. The van der Waals surface area contributed by atoms with Gasteiger partial charge in [-0.05, 0) is 40.8 Å². The van der Waals surface area contributed by atoms with Crippen molar-refractivity contribution in [1.82, 2.24) is 0 Å². The molecule has 0 aliphatic rings. The van der Waals surface area contributed by atoms with E-state index in [0.717, 1.165) is 11.6 Å². The van der Waals surface area contributed by atoms with Gasteiger partial charge in [0.15, 0.2) is 23.9 Å². The lowest BCUT2D eigenvalue weighted by atomic mass is 9.85. The summed E-state index contributed by atoms with van der Waals surface area (Å²) in [6.45, 7) is -6.48. The quantitative estimate of drug-likeness (QED) is 0.270. The van der Waals surface area contributed by atoms with Crippen molar-refractivity contribution >= 4 is 5.97 Å². The van der Waals surface area contributed by atoms with Crippen molar-refractivity contribution in [1.29, 1.82) is 0 Å². The van der Waals surface area contributed by atoms with Crippen molar-refractivity contribution in [3.8, 4) is 11.5 Å². The van der Waals surface area contributed by atoms with Crippen molar-refractivity contribution in [3.63, 3.8) is 0 Å².